The molecule has 0 saturated heterocycles. The van der Waals surface area contributed by atoms with Crippen molar-refractivity contribution < 1.29 is 4.42 Å². The summed E-state index contributed by atoms with van der Waals surface area (Å²) in [5.41, 5.74) is 7.77. The van der Waals surface area contributed by atoms with Gasteiger partial charge in [-0.3, -0.25) is 4.57 Å². The molecule has 0 amide bonds. The van der Waals surface area contributed by atoms with Crippen LogP contribution in [0.15, 0.2) is 125 Å². The minimum absolute atomic E-state index is 0.869. The van der Waals surface area contributed by atoms with E-state index in [1.807, 2.05) is 24.3 Å². The van der Waals surface area contributed by atoms with Gasteiger partial charge in [-0.15, -0.1) is 11.3 Å². The van der Waals surface area contributed by atoms with Crippen LogP contribution in [0.5, 0.6) is 0 Å². The summed E-state index contributed by atoms with van der Waals surface area (Å²) in [6, 6.07) is 38.0. The van der Waals surface area contributed by atoms with E-state index >= 15 is 0 Å². The molecule has 0 aliphatic carbocycles. The average Bonchev–Trinajstić information content (AvgIpc) is 3.67. The van der Waals surface area contributed by atoms with Crippen molar-refractivity contribution in [3.63, 3.8) is 0 Å². The predicted octanol–water partition coefficient (Wildman–Crippen LogP) is 8.83. The number of aromatic nitrogens is 2. The SMILES string of the molecule is c1ccc(-c2ccc(-n3c(-c4csc5ccc(-c6ccco6)cc45)nc4ccccc43)cc2)cc1. The lowest BCUT2D eigenvalue weighted by atomic mass is 10.1. The Morgan fingerprint density at radius 3 is 2.29 bits per heavy atom. The van der Waals surface area contributed by atoms with Gasteiger partial charge in [0.05, 0.1) is 17.3 Å². The summed E-state index contributed by atoms with van der Waals surface area (Å²) < 4.78 is 9.16. The van der Waals surface area contributed by atoms with Crippen LogP contribution in [0.4, 0.5) is 0 Å². The van der Waals surface area contributed by atoms with E-state index in [9.17, 15) is 0 Å². The first kappa shape index (κ1) is 20.0. The lowest BCUT2D eigenvalue weighted by molar-refractivity contribution is 0.582. The fourth-order valence-corrected chi connectivity index (χ4v) is 5.62. The van der Waals surface area contributed by atoms with Crippen LogP contribution in [-0.4, -0.2) is 9.55 Å². The predicted molar refractivity (Wildman–Crippen MR) is 145 cm³/mol. The highest BCUT2D eigenvalue weighted by atomic mass is 32.1. The van der Waals surface area contributed by atoms with Gasteiger partial charge in [0.1, 0.15) is 11.6 Å². The molecule has 166 valence electrons. The topological polar surface area (TPSA) is 31.0 Å². The van der Waals surface area contributed by atoms with E-state index in [1.54, 1.807) is 17.6 Å². The minimum Gasteiger partial charge on any atom is -0.464 e. The molecule has 4 heteroatoms. The standard InChI is InChI=1S/C31H20N2OS/c1-2-7-21(8-3-1)22-12-15-24(16-13-22)33-28-10-5-4-9-27(28)32-31(33)26-20-35-30-17-14-23(19-25(26)30)29-11-6-18-34-29/h1-20H. The first-order valence-electron chi connectivity index (χ1n) is 11.5. The van der Waals surface area contributed by atoms with Crippen molar-refractivity contribution in [1.29, 1.82) is 0 Å². The monoisotopic (exact) mass is 468 g/mol. The molecule has 0 aliphatic rings. The number of rotatable bonds is 4. The summed E-state index contributed by atoms with van der Waals surface area (Å²) >= 11 is 1.74. The maximum Gasteiger partial charge on any atom is 0.147 e. The maximum atomic E-state index is 5.66. The van der Waals surface area contributed by atoms with Crippen molar-refractivity contribution in [2.45, 2.75) is 0 Å². The smallest absolute Gasteiger partial charge is 0.147 e. The number of furan rings is 1. The van der Waals surface area contributed by atoms with Crippen molar-refractivity contribution in [3.05, 3.63) is 121 Å². The van der Waals surface area contributed by atoms with Crippen molar-refractivity contribution in [2.24, 2.45) is 0 Å². The number of fused-ring (bicyclic) bond motifs is 2. The molecule has 0 unspecified atom stereocenters. The van der Waals surface area contributed by atoms with Gasteiger partial charge in [0.2, 0.25) is 0 Å². The number of nitrogens with zero attached hydrogens (tertiary/aromatic N) is 2. The Morgan fingerprint density at radius 2 is 1.46 bits per heavy atom. The molecule has 7 rings (SSSR count). The van der Waals surface area contributed by atoms with Crippen molar-refractivity contribution in [1.82, 2.24) is 9.55 Å². The summed E-state index contributed by atoms with van der Waals surface area (Å²) in [7, 11) is 0. The molecule has 0 radical (unpaired) electrons. The van der Waals surface area contributed by atoms with Crippen LogP contribution in [0, 0.1) is 0 Å². The van der Waals surface area contributed by atoms with Crippen molar-refractivity contribution >= 4 is 32.5 Å². The number of thiophene rings is 1. The maximum absolute atomic E-state index is 5.66. The van der Waals surface area contributed by atoms with Crippen LogP contribution >= 0.6 is 11.3 Å². The second-order valence-electron chi connectivity index (χ2n) is 8.51. The van der Waals surface area contributed by atoms with Crippen LogP contribution < -0.4 is 0 Å². The van der Waals surface area contributed by atoms with E-state index in [-0.39, 0.29) is 0 Å². The first-order chi connectivity index (χ1) is 17.3. The third-order valence-electron chi connectivity index (χ3n) is 6.41. The van der Waals surface area contributed by atoms with E-state index in [1.165, 1.54) is 21.2 Å². The van der Waals surface area contributed by atoms with Crippen molar-refractivity contribution in [2.75, 3.05) is 0 Å². The highest BCUT2D eigenvalue weighted by Crippen LogP contribution is 2.39. The molecule has 0 bridgehead atoms. The normalized spacial score (nSPS) is 11.4. The summed E-state index contributed by atoms with van der Waals surface area (Å²) in [5.74, 6) is 1.82. The van der Waals surface area contributed by atoms with Gasteiger partial charge in [-0.05, 0) is 65.7 Å². The lowest BCUT2D eigenvalue weighted by Crippen LogP contribution is -1.97. The second-order valence-corrected chi connectivity index (χ2v) is 9.42. The van der Waals surface area contributed by atoms with E-state index in [0.29, 0.717) is 0 Å². The molecule has 35 heavy (non-hydrogen) atoms. The molecule has 0 N–H and O–H groups in total. The first-order valence-corrected chi connectivity index (χ1v) is 12.4. The Bertz CT molecular complexity index is 1780. The number of hydrogen-bond donors (Lipinski definition) is 0. The summed E-state index contributed by atoms with van der Waals surface area (Å²) in [6.07, 6.45) is 1.71. The third kappa shape index (κ3) is 3.38. The van der Waals surface area contributed by atoms with Gasteiger partial charge in [0.15, 0.2) is 0 Å². The molecule has 7 aromatic rings. The fourth-order valence-electron chi connectivity index (χ4n) is 4.70. The van der Waals surface area contributed by atoms with Gasteiger partial charge in [0.25, 0.3) is 0 Å². The van der Waals surface area contributed by atoms with Gasteiger partial charge in [-0.2, -0.15) is 0 Å². The highest BCUT2D eigenvalue weighted by Gasteiger charge is 2.18. The number of imidazole rings is 1. The van der Waals surface area contributed by atoms with E-state index in [2.05, 4.69) is 94.9 Å². The van der Waals surface area contributed by atoms with Crippen LogP contribution in [0.25, 0.3) is 60.6 Å². The Morgan fingerprint density at radius 1 is 0.686 bits per heavy atom. The zero-order chi connectivity index (χ0) is 23.2. The highest BCUT2D eigenvalue weighted by molar-refractivity contribution is 7.17. The largest absolute Gasteiger partial charge is 0.464 e. The molecule has 3 nitrogen and oxygen atoms in total. The van der Waals surface area contributed by atoms with Gasteiger partial charge in [0, 0.05) is 32.3 Å². The molecular weight excluding hydrogens is 448 g/mol. The molecule has 0 fully saturated rings. The molecule has 3 heterocycles. The average molecular weight is 469 g/mol. The quantitative estimate of drug-likeness (QED) is 0.258. The Kier molecular flexibility index (Phi) is 4.64. The lowest BCUT2D eigenvalue weighted by Gasteiger charge is -2.11. The molecule has 0 spiro atoms. The number of hydrogen-bond acceptors (Lipinski definition) is 3. The zero-order valence-corrected chi connectivity index (χ0v) is 19.6. The summed E-state index contributed by atoms with van der Waals surface area (Å²) in [4.78, 5) is 5.10. The van der Waals surface area contributed by atoms with Crippen LogP contribution in [0.3, 0.4) is 0 Å². The van der Waals surface area contributed by atoms with E-state index in [0.717, 1.165) is 39.4 Å². The molecule has 0 saturated carbocycles. The van der Waals surface area contributed by atoms with Crippen LogP contribution in [-0.2, 0) is 0 Å². The van der Waals surface area contributed by atoms with Gasteiger partial charge < -0.3 is 4.42 Å². The van der Waals surface area contributed by atoms with E-state index < -0.39 is 0 Å². The minimum atomic E-state index is 0.869. The third-order valence-corrected chi connectivity index (χ3v) is 7.38. The Balaban J connectivity index is 1.42. The number of para-hydroxylation sites is 2. The molecule has 0 atom stereocenters. The molecular formula is C31H20N2OS. The molecule has 4 aromatic carbocycles. The molecule has 3 aromatic heterocycles. The van der Waals surface area contributed by atoms with E-state index in [4.69, 9.17) is 9.40 Å². The summed E-state index contributed by atoms with van der Waals surface area (Å²) in [6.45, 7) is 0. The van der Waals surface area contributed by atoms with Crippen LogP contribution in [0.2, 0.25) is 0 Å². The Labute approximate surface area is 206 Å². The zero-order valence-electron chi connectivity index (χ0n) is 18.8. The van der Waals surface area contributed by atoms with Crippen LogP contribution in [0.1, 0.15) is 0 Å². The van der Waals surface area contributed by atoms with Gasteiger partial charge in [-0.25, -0.2) is 4.98 Å². The Hall–Kier alpha value is -4.41. The van der Waals surface area contributed by atoms with Crippen molar-refractivity contribution in [3.8, 4) is 39.5 Å². The second kappa shape index (κ2) is 8.12. The van der Waals surface area contributed by atoms with Gasteiger partial charge in [-0.1, -0.05) is 54.6 Å². The number of benzene rings is 4. The summed E-state index contributed by atoms with van der Waals surface area (Å²) in [5, 5.41) is 3.40. The van der Waals surface area contributed by atoms with Gasteiger partial charge >= 0.3 is 0 Å². The fraction of sp³-hybridized carbons (Fsp3) is 0. The molecule has 0 aliphatic heterocycles.